The Labute approximate surface area is 145 Å². The summed E-state index contributed by atoms with van der Waals surface area (Å²) in [6.07, 6.45) is 2.87. The number of carbonyl (C=O) groups is 1. The number of fused-ring (bicyclic) bond motifs is 1. The zero-order valence-electron chi connectivity index (χ0n) is 13.9. The molecule has 2 aromatic rings. The van der Waals surface area contributed by atoms with Crippen molar-refractivity contribution < 1.29 is 18.3 Å². The maximum atomic E-state index is 13.4. The van der Waals surface area contributed by atoms with Crippen LogP contribution in [0.5, 0.6) is 0 Å². The van der Waals surface area contributed by atoms with Gasteiger partial charge in [0.1, 0.15) is 17.7 Å². The number of rotatable bonds is 4. The van der Waals surface area contributed by atoms with E-state index < -0.39 is 6.10 Å². The van der Waals surface area contributed by atoms with Crippen LogP contribution in [-0.2, 0) is 16.1 Å². The van der Waals surface area contributed by atoms with E-state index in [0.717, 1.165) is 30.8 Å². The van der Waals surface area contributed by atoms with Gasteiger partial charge in [-0.15, -0.1) is 0 Å². The molecule has 1 amide bonds. The van der Waals surface area contributed by atoms with Gasteiger partial charge >= 0.3 is 0 Å². The largest absolute Gasteiger partial charge is 0.467 e. The fourth-order valence-corrected chi connectivity index (χ4v) is 3.71. The van der Waals surface area contributed by atoms with Gasteiger partial charge in [0.15, 0.2) is 0 Å². The highest BCUT2D eigenvalue weighted by molar-refractivity contribution is 5.81. The molecule has 6 heteroatoms. The Morgan fingerprint density at radius 2 is 2.24 bits per heavy atom. The number of nitrogens with one attached hydrogen (secondary N) is 1. The number of piperidine rings is 1. The molecule has 0 saturated carbocycles. The quantitative estimate of drug-likeness (QED) is 0.927. The zero-order chi connectivity index (χ0) is 17.2. The topological polar surface area (TPSA) is 54.7 Å². The van der Waals surface area contributed by atoms with E-state index in [1.807, 2.05) is 12.1 Å². The highest BCUT2D eigenvalue weighted by Crippen LogP contribution is 2.35. The number of benzene rings is 1. The molecule has 5 nitrogen and oxygen atoms in total. The fraction of sp³-hybridized carbons (Fsp3) is 0.421. The van der Waals surface area contributed by atoms with Crippen LogP contribution in [0.15, 0.2) is 47.1 Å². The molecule has 2 saturated heterocycles. The third kappa shape index (κ3) is 3.54. The summed E-state index contributed by atoms with van der Waals surface area (Å²) >= 11 is 0. The maximum Gasteiger partial charge on any atom is 0.249 e. The van der Waals surface area contributed by atoms with Gasteiger partial charge in [0.25, 0.3) is 0 Å². The normalized spacial score (nSPS) is 25.6. The molecule has 2 fully saturated rings. The molecule has 1 aromatic carbocycles. The van der Waals surface area contributed by atoms with Crippen molar-refractivity contribution in [3.63, 3.8) is 0 Å². The summed E-state index contributed by atoms with van der Waals surface area (Å²) < 4.78 is 24.7. The predicted molar refractivity (Wildman–Crippen MR) is 90.6 cm³/mol. The van der Waals surface area contributed by atoms with Gasteiger partial charge in [0.05, 0.1) is 18.9 Å². The molecular weight excluding hydrogens is 323 g/mol. The number of halogens is 1. The van der Waals surface area contributed by atoms with E-state index in [0.29, 0.717) is 19.0 Å². The van der Waals surface area contributed by atoms with Crippen LogP contribution in [0.2, 0.25) is 0 Å². The van der Waals surface area contributed by atoms with E-state index in [-0.39, 0.29) is 17.8 Å². The molecule has 1 aromatic heterocycles. The summed E-state index contributed by atoms with van der Waals surface area (Å²) in [7, 11) is 0. The number of amides is 1. The van der Waals surface area contributed by atoms with Gasteiger partial charge in [-0.05, 0) is 49.1 Å². The molecule has 0 unspecified atom stereocenters. The van der Waals surface area contributed by atoms with E-state index in [4.69, 9.17) is 9.15 Å². The molecule has 3 atom stereocenters. The summed E-state index contributed by atoms with van der Waals surface area (Å²) in [4.78, 5) is 14.5. The summed E-state index contributed by atoms with van der Waals surface area (Å²) in [5.74, 6) is 0.774. The maximum absolute atomic E-state index is 13.4. The molecule has 1 N–H and O–H groups in total. The highest BCUT2D eigenvalue weighted by atomic mass is 19.1. The molecule has 4 rings (SSSR count). The number of nitrogens with zero attached hydrogens (tertiary/aromatic N) is 1. The third-order valence-corrected chi connectivity index (χ3v) is 5.03. The van der Waals surface area contributed by atoms with E-state index in [2.05, 4.69) is 10.2 Å². The van der Waals surface area contributed by atoms with Crippen molar-refractivity contribution in [1.29, 1.82) is 0 Å². The molecule has 0 spiro atoms. The van der Waals surface area contributed by atoms with Crippen LogP contribution in [-0.4, -0.2) is 31.2 Å². The van der Waals surface area contributed by atoms with Crippen molar-refractivity contribution in [1.82, 2.24) is 5.32 Å². The minimum Gasteiger partial charge on any atom is -0.467 e. The minimum atomic E-state index is -0.419. The lowest BCUT2D eigenvalue weighted by Gasteiger charge is -2.35. The second-order valence-electron chi connectivity index (χ2n) is 6.67. The molecule has 3 heterocycles. The Morgan fingerprint density at radius 1 is 1.32 bits per heavy atom. The number of hydrogen-bond acceptors (Lipinski definition) is 4. The van der Waals surface area contributed by atoms with Gasteiger partial charge in [-0.25, -0.2) is 4.39 Å². The number of carbonyl (C=O) groups excluding carboxylic acids is 1. The number of anilines is 1. The summed E-state index contributed by atoms with van der Waals surface area (Å²) in [5.41, 5.74) is 0.868. The van der Waals surface area contributed by atoms with Gasteiger partial charge in [0.2, 0.25) is 5.91 Å². The van der Waals surface area contributed by atoms with Crippen molar-refractivity contribution in [2.24, 2.45) is 5.92 Å². The summed E-state index contributed by atoms with van der Waals surface area (Å²) in [5, 5.41) is 2.87. The van der Waals surface area contributed by atoms with Crippen LogP contribution in [0, 0.1) is 11.7 Å². The lowest BCUT2D eigenvalue weighted by atomic mass is 9.91. The van der Waals surface area contributed by atoms with Crippen molar-refractivity contribution >= 4 is 11.6 Å². The molecule has 0 bridgehead atoms. The fourth-order valence-electron chi connectivity index (χ4n) is 3.71. The van der Waals surface area contributed by atoms with Crippen molar-refractivity contribution in [2.45, 2.75) is 31.6 Å². The van der Waals surface area contributed by atoms with Crippen LogP contribution in [0.4, 0.5) is 10.1 Å². The molecule has 0 radical (unpaired) electrons. The lowest BCUT2D eigenvalue weighted by Crippen LogP contribution is -2.42. The van der Waals surface area contributed by atoms with Gasteiger partial charge in [-0.1, -0.05) is 6.07 Å². The first kappa shape index (κ1) is 16.1. The van der Waals surface area contributed by atoms with Crippen LogP contribution >= 0.6 is 0 Å². The highest BCUT2D eigenvalue weighted by Gasteiger charge is 2.41. The van der Waals surface area contributed by atoms with E-state index in [1.165, 1.54) is 6.07 Å². The first-order valence-electron chi connectivity index (χ1n) is 8.65. The molecular formula is C19H21FN2O3. The number of ether oxygens (including phenoxy) is 1. The lowest BCUT2D eigenvalue weighted by molar-refractivity contribution is -0.132. The van der Waals surface area contributed by atoms with Gasteiger partial charge in [0, 0.05) is 18.8 Å². The number of furan rings is 1. The number of hydrogen-bond donors (Lipinski definition) is 1. The predicted octanol–water partition coefficient (Wildman–Crippen LogP) is 2.72. The van der Waals surface area contributed by atoms with Gasteiger partial charge in [-0.2, -0.15) is 0 Å². The Balaban J connectivity index is 1.34. The Kier molecular flexibility index (Phi) is 4.44. The molecule has 2 aliphatic heterocycles. The molecule has 25 heavy (non-hydrogen) atoms. The van der Waals surface area contributed by atoms with Gasteiger partial charge < -0.3 is 19.4 Å². The van der Waals surface area contributed by atoms with Crippen LogP contribution in [0.1, 0.15) is 18.6 Å². The Hall–Kier alpha value is -2.34. The Morgan fingerprint density at radius 3 is 3.04 bits per heavy atom. The minimum absolute atomic E-state index is 0.0105. The SMILES string of the molecule is O=C(NCc1ccco1)[C@@H]1C[C@H]2CCN(c3cccc(F)c3)C[C@@H]2O1. The molecule has 2 aliphatic rings. The molecule has 0 aliphatic carbocycles. The van der Waals surface area contributed by atoms with E-state index in [1.54, 1.807) is 24.5 Å². The first-order valence-corrected chi connectivity index (χ1v) is 8.65. The van der Waals surface area contributed by atoms with Crippen molar-refractivity contribution in [3.05, 3.63) is 54.2 Å². The Bertz CT molecular complexity index is 734. The van der Waals surface area contributed by atoms with Gasteiger partial charge in [-0.3, -0.25) is 4.79 Å². The standard InChI is InChI=1S/C19H21FN2O3/c20-14-3-1-4-15(10-14)22-7-6-13-9-17(25-18(13)12-22)19(23)21-11-16-5-2-8-24-16/h1-5,8,10,13,17-18H,6-7,9,11-12H2,(H,21,23)/t13-,17+,18+/m1/s1. The van der Waals surface area contributed by atoms with Crippen LogP contribution < -0.4 is 10.2 Å². The van der Waals surface area contributed by atoms with Crippen molar-refractivity contribution in [3.8, 4) is 0 Å². The van der Waals surface area contributed by atoms with Crippen LogP contribution in [0.3, 0.4) is 0 Å². The second-order valence-corrected chi connectivity index (χ2v) is 6.67. The average Bonchev–Trinajstić information content (AvgIpc) is 3.28. The zero-order valence-corrected chi connectivity index (χ0v) is 13.9. The molecule has 132 valence electrons. The monoisotopic (exact) mass is 344 g/mol. The van der Waals surface area contributed by atoms with Crippen LogP contribution in [0.25, 0.3) is 0 Å². The summed E-state index contributed by atoms with van der Waals surface area (Å²) in [6, 6.07) is 10.2. The second kappa shape index (κ2) is 6.88. The summed E-state index contributed by atoms with van der Waals surface area (Å²) in [6.45, 7) is 1.92. The van der Waals surface area contributed by atoms with E-state index in [9.17, 15) is 9.18 Å². The average molecular weight is 344 g/mol. The third-order valence-electron chi connectivity index (χ3n) is 5.03. The van der Waals surface area contributed by atoms with E-state index >= 15 is 0 Å². The smallest absolute Gasteiger partial charge is 0.249 e. The first-order chi connectivity index (χ1) is 12.2. The van der Waals surface area contributed by atoms with Crippen molar-refractivity contribution in [2.75, 3.05) is 18.0 Å².